The van der Waals surface area contributed by atoms with Gasteiger partial charge in [-0.2, -0.15) is 0 Å². The number of rotatable bonds is 34. The molecule has 0 amide bonds. The summed E-state index contributed by atoms with van der Waals surface area (Å²) in [5, 5.41) is 0. The van der Waals surface area contributed by atoms with E-state index in [0.29, 0.717) is 17.4 Å². The molecule has 10 heteroatoms. The van der Waals surface area contributed by atoms with Crippen LogP contribution in [-0.4, -0.2) is 70.0 Å². The van der Waals surface area contributed by atoms with Gasteiger partial charge in [-0.3, -0.25) is 14.2 Å². The molecule has 0 saturated heterocycles. The van der Waals surface area contributed by atoms with Crippen LogP contribution < -0.4 is 4.89 Å². The second-order valence-corrected chi connectivity index (χ2v) is 15.4. The van der Waals surface area contributed by atoms with Crippen molar-refractivity contribution in [2.75, 3.05) is 47.5 Å². The highest BCUT2D eigenvalue weighted by atomic mass is 31.2. The average molecular weight is 678 g/mol. The van der Waals surface area contributed by atoms with E-state index in [-0.39, 0.29) is 32.0 Å². The van der Waals surface area contributed by atoms with Gasteiger partial charge in [0, 0.05) is 12.8 Å². The van der Waals surface area contributed by atoms with Crippen LogP contribution in [0.25, 0.3) is 0 Å². The number of unbranched alkanes of at least 4 members (excludes halogenated alkanes) is 20. The third-order valence-corrected chi connectivity index (χ3v) is 9.09. The van der Waals surface area contributed by atoms with Crippen molar-refractivity contribution in [3.05, 3.63) is 0 Å². The standard InChI is InChI=1S/C36H72NO8P/c1-6-8-10-12-14-16-17-18-19-20-21-23-24-26-28-35(38)42-32-34(33-44-46(40,41)43-31-30-37(3,4)5)45-36(39)29-27-25-22-15-13-11-9-7-2/h34H,6-33H2,1-5H3/t34-/m1/s1. The number of ether oxygens (including phenoxy) is 2. The van der Waals surface area contributed by atoms with Crippen LogP contribution in [-0.2, 0) is 32.7 Å². The summed E-state index contributed by atoms with van der Waals surface area (Å²) in [5.74, 6) is -0.832. The minimum absolute atomic E-state index is 0.0264. The van der Waals surface area contributed by atoms with Crippen molar-refractivity contribution in [1.29, 1.82) is 0 Å². The van der Waals surface area contributed by atoms with Gasteiger partial charge in [-0.25, -0.2) is 0 Å². The first-order valence-electron chi connectivity index (χ1n) is 18.7. The van der Waals surface area contributed by atoms with Crippen molar-refractivity contribution < 1.29 is 42.1 Å². The molecular formula is C36H72NO8P. The Balaban J connectivity index is 4.36. The highest BCUT2D eigenvalue weighted by molar-refractivity contribution is 7.45. The van der Waals surface area contributed by atoms with Crippen molar-refractivity contribution >= 4 is 19.8 Å². The number of phosphoric ester groups is 1. The Morgan fingerprint density at radius 3 is 1.39 bits per heavy atom. The normalized spacial score (nSPS) is 13.8. The Labute approximate surface area is 283 Å². The topological polar surface area (TPSA) is 111 Å². The molecule has 0 N–H and O–H groups in total. The van der Waals surface area contributed by atoms with Gasteiger partial charge in [0.2, 0.25) is 0 Å². The first-order valence-corrected chi connectivity index (χ1v) is 20.2. The first-order chi connectivity index (χ1) is 22.0. The zero-order chi connectivity index (χ0) is 34.4. The minimum Gasteiger partial charge on any atom is -0.756 e. The molecule has 2 atom stereocenters. The van der Waals surface area contributed by atoms with Gasteiger partial charge in [0.05, 0.1) is 27.7 Å². The molecule has 0 rings (SSSR count). The predicted octanol–water partition coefficient (Wildman–Crippen LogP) is 9.05. The second kappa shape index (κ2) is 30.1. The zero-order valence-corrected chi connectivity index (χ0v) is 31.4. The van der Waals surface area contributed by atoms with Crippen LogP contribution >= 0.6 is 7.82 Å². The quantitative estimate of drug-likeness (QED) is 0.0287. The number of likely N-dealkylation sites (N-methyl/N-ethyl adjacent to an activating group) is 1. The van der Waals surface area contributed by atoms with Gasteiger partial charge < -0.3 is 27.9 Å². The van der Waals surface area contributed by atoms with Crippen molar-refractivity contribution in [2.45, 2.75) is 174 Å². The highest BCUT2D eigenvalue weighted by Crippen LogP contribution is 2.38. The smallest absolute Gasteiger partial charge is 0.306 e. The number of carbonyl (C=O) groups is 2. The second-order valence-electron chi connectivity index (χ2n) is 14.0. The molecule has 46 heavy (non-hydrogen) atoms. The van der Waals surface area contributed by atoms with Gasteiger partial charge in [0.15, 0.2) is 6.10 Å². The van der Waals surface area contributed by atoms with E-state index >= 15 is 0 Å². The molecule has 0 radical (unpaired) electrons. The number of esters is 2. The number of nitrogens with zero attached hydrogens (tertiary/aromatic N) is 1. The molecule has 274 valence electrons. The summed E-state index contributed by atoms with van der Waals surface area (Å²) in [5.41, 5.74) is 0. The summed E-state index contributed by atoms with van der Waals surface area (Å²) in [6.45, 7) is 4.19. The maximum Gasteiger partial charge on any atom is 0.306 e. The monoisotopic (exact) mass is 677 g/mol. The van der Waals surface area contributed by atoms with Crippen LogP contribution in [0.5, 0.6) is 0 Å². The summed E-state index contributed by atoms with van der Waals surface area (Å²) in [6, 6.07) is 0. The van der Waals surface area contributed by atoms with Gasteiger partial charge in [-0.15, -0.1) is 0 Å². The molecule has 0 aromatic heterocycles. The van der Waals surface area contributed by atoms with Gasteiger partial charge in [0.25, 0.3) is 7.82 Å². The van der Waals surface area contributed by atoms with E-state index in [1.54, 1.807) is 0 Å². The van der Waals surface area contributed by atoms with E-state index in [1.807, 2.05) is 21.1 Å². The van der Waals surface area contributed by atoms with Gasteiger partial charge in [0.1, 0.15) is 19.8 Å². The predicted molar refractivity (Wildman–Crippen MR) is 185 cm³/mol. The molecule has 0 aliphatic carbocycles. The van der Waals surface area contributed by atoms with E-state index < -0.39 is 26.5 Å². The fourth-order valence-corrected chi connectivity index (χ4v) is 5.85. The molecule has 0 aliphatic heterocycles. The van der Waals surface area contributed by atoms with Crippen LogP contribution in [0.1, 0.15) is 168 Å². The van der Waals surface area contributed by atoms with E-state index in [0.717, 1.165) is 38.5 Å². The molecule has 0 bridgehead atoms. The highest BCUT2D eigenvalue weighted by Gasteiger charge is 2.21. The maximum atomic E-state index is 12.5. The molecule has 0 aromatic rings. The fraction of sp³-hybridized carbons (Fsp3) is 0.944. The van der Waals surface area contributed by atoms with Crippen molar-refractivity contribution in [3.8, 4) is 0 Å². The lowest BCUT2D eigenvalue weighted by Crippen LogP contribution is -2.37. The van der Waals surface area contributed by atoms with Crippen LogP contribution in [0.4, 0.5) is 0 Å². The molecule has 0 aliphatic rings. The number of phosphoric acid groups is 1. The lowest BCUT2D eigenvalue weighted by atomic mass is 10.0. The van der Waals surface area contributed by atoms with Crippen molar-refractivity contribution in [3.63, 3.8) is 0 Å². The Hall–Kier alpha value is -0.990. The number of quaternary nitrogens is 1. The summed E-state index contributed by atoms with van der Waals surface area (Å²) in [4.78, 5) is 37.1. The zero-order valence-electron chi connectivity index (χ0n) is 30.5. The summed E-state index contributed by atoms with van der Waals surface area (Å²) >= 11 is 0. The SMILES string of the molecule is CCCCCCCCCCCCCCCCC(=O)OC[C@H](COP(=O)([O-])OCC[N+](C)(C)C)OC(=O)CCCCCCCCCC. The Bertz CT molecular complexity index is 774. The van der Waals surface area contributed by atoms with Gasteiger partial charge >= 0.3 is 11.9 Å². The Morgan fingerprint density at radius 2 is 0.978 bits per heavy atom. The van der Waals surface area contributed by atoms with Gasteiger partial charge in [-0.1, -0.05) is 142 Å². The minimum atomic E-state index is -4.60. The average Bonchev–Trinajstić information content (AvgIpc) is 2.99. The fourth-order valence-electron chi connectivity index (χ4n) is 5.12. The molecular weight excluding hydrogens is 605 g/mol. The van der Waals surface area contributed by atoms with Crippen LogP contribution in [0, 0.1) is 0 Å². The molecule has 1 unspecified atom stereocenters. The van der Waals surface area contributed by atoms with E-state index in [1.165, 1.54) is 96.3 Å². The maximum absolute atomic E-state index is 12.5. The Morgan fingerprint density at radius 1 is 0.587 bits per heavy atom. The molecule has 0 heterocycles. The number of carbonyl (C=O) groups excluding carboxylic acids is 2. The van der Waals surface area contributed by atoms with E-state index in [9.17, 15) is 19.0 Å². The molecule has 0 fully saturated rings. The molecule has 9 nitrogen and oxygen atoms in total. The summed E-state index contributed by atoms with van der Waals surface area (Å²) in [7, 11) is 1.17. The summed E-state index contributed by atoms with van der Waals surface area (Å²) in [6.07, 6.45) is 25.7. The number of hydrogen-bond donors (Lipinski definition) is 0. The van der Waals surface area contributed by atoms with Gasteiger partial charge in [-0.05, 0) is 12.8 Å². The lowest BCUT2D eigenvalue weighted by Gasteiger charge is -2.28. The lowest BCUT2D eigenvalue weighted by molar-refractivity contribution is -0.870. The first kappa shape index (κ1) is 45.0. The van der Waals surface area contributed by atoms with Crippen molar-refractivity contribution in [2.24, 2.45) is 0 Å². The molecule has 0 aromatic carbocycles. The summed E-state index contributed by atoms with van der Waals surface area (Å²) < 4.78 is 33.6. The third kappa shape index (κ3) is 32.9. The van der Waals surface area contributed by atoms with E-state index in [4.69, 9.17) is 18.5 Å². The number of hydrogen-bond acceptors (Lipinski definition) is 8. The van der Waals surface area contributed by atoms with Crippen LogP contribution in [0.15, 0.2) is 0 Å². The molecule has 0 saturated carbocycles. The Kier molecular flexibility index (Phi) is 29.4. The van der Waals surface area contributed by atoms with Crippen molar-refractivity contribution in [1.82, 2.24) is 0 Å². The third-order valence-electron chi connectivity index (χ3n) is 8.13. The molecule has 0 spiro atoms. The van der Waals surface area contributed by atoms with Crippen LogP contribution in [0.2, 0.25) is 0 Å². The van der Waals surface area contributed by atoms with Crippen LogP contribution in [0.3, 0.4) is 0 Å². The van der Waals surface area contributed by atoms with E-state index in [2.05, 4.69) is 13.8 Å². The largest absolute Gasteiger partial charge is 0.756 e.